The highest BCUT2D eigenvalue weighted by Gasteiger charge is 2.35. The lowest BCUT2D eigenvalue weighted by Gasteiger charge is -2.38. The van der Waals surface area contributed by atoms with E-state index in [0.717, 1.165) is 25.8 Å². The standard InChI is InChI=1S/C11H22N2O2/c1-3-13(7-8-15-2)10(14)9-11(12)5-4-6-11/h3-9,12H2,1-2H3. The van der Waals surface area contributed by atoms with Crippen molar-refractivity contribution in [2.45, 2.75) is 38.1 Å². The minimum atomic E-state index is -0.211. The van der Waals surface area contributed by atoms with Crippen molar-refractivity contribution in [2.75, 3.05) is 26.8 Å². The predicted octanol–water partition coefficient (Wildman–Crippen LogP) is 0.753. The van der Waals surface area contributed by atoms with Crippen LogP contribution in [0.1, 0.15) is 32.6 Å². The highest BCUT2D eigenvalue weighted by molar-refractivity contribution is 5.77. The minimum Gasteiger partial charge on any atom is -0.383 e. The monoisotopic (exact) mass is 214 g/mol. The molecule has 0 saturated heterocycles. The zero-order chi connectivity index (χ0) is 11.3. The molecule has 0 heterocycles. The molecule has 0 spiro atoms. The third kappa shape index (κ3) is 3.47. The topological polar surface area (TPSA) is 55.6 Å². The molecule has 0 unspecified atom stereocenters. The van der Waals surface area contributed by atoms with Gasteiger partial charge >= 0.3 is 0 Å². The summed E-state index contributed by atoms with van der Waals surface area (Å²) in [6, 6.07) is 0. The van der Waals surface area contributed by atoms with Crippen molar-refractivity contribution in [1.82, 2.24) is 4.90 Å². The lowest BCUT2D eigenvalue weighted by atomic mass is 9.75. The van der Waals surface area contributed by atoms with E-state index < -0.39 is 0 Å². The van der Waals surface area contributed by atoms with Crippen molar-refractivity contribution in [1.29, 1.82) is 0 Å². The van der Waals surface area contributed by atoms with Gasteiger partial charge in [-0.15, -0.1) is 0 Å². The SMILES string of the molecule is CCN(CCOC)C(=O)CC1(N)CCC1. The number of ether oxygens (including phenoxy) is 1. The molecule has 0 radical (unpaired) electrons. The van der Waals surface area contributed by atoms with Gasteiger partial charge in [-0.2, -0.15) is 0 Å². The summed E-state index contributed by atoms with van der Waals surface area (Å²) in [5, 5.41) is 0. The van der Waals surface area contributed by atoms with Crippen molar-refractivity contribution in [3.8, 4) is 0 Å². The summed E-state index contributed by atoms with van der Waals surface area (Å²) in [6.45, 7) is 3.98. The summed E-state index contributed by atoms with van der Waals surface area (Å²) in [7, 11) is 1.65. The van der Waals surface area contributed by atoms with Gasteiger partial charge in [-0.25, -0.2) is 0 Å². The van der Waals surface area contributed by atoms with E-state index in [0.29, 0.717) is 19.6 Å². The van der Waals surface area contributed by atoms with Gasteiger partial charge in [0.15, 0.2) is 0 Å². The van der Waals surface area contributed by atoms with Crippen LogP contribution in [-0.4, -0.2) is 43.2 Å². The second-order valence-corrected chi connectivity index (χ2v) is 4.36. The number of hydrogen-bond acceptors (Lipinski definition) is 3. The molecule has 0 aromatic carbocycles. The Kier molecular flexibility index (Phi) is 4.54. The minimum absolute atomic E-state index is 0.164. The van der Waals surface area contributed by atoms with Crippen LogP contribution in [0.2, 0.25) is 0 Å². The second-order valence-electron chi connectivity index (χ2n) is 4.36. The van der Waals surface area contributed by atoms with E-state index in [-0.39, 0.29) is 11.4 Å². The molecule has 1 rings (SSSR count). The first kappa shape index (κ1) is 12.5. The number of hydrogen-bond donors (Lipinski definition) is 1. The fraction of sp³-hybridized carbons (Fsp3) is 0.909. The molecule has 0 aliphatic heterocycles. The number of likely N-dealkylation sites (N-methyl/N-ethyl adjacent to an activating group) is 1. The van der Waals surface area contributed by atoms with Crippen LogP contribution in [0.15, 0.2) is 0 Å². The Hall–Kier alpha value is -0.610. The zero-order valence-electron chi connectivity index (χ0n) is 9.79. The molecule has 88 valence electrons. The Morgan fingerprint density at radius 3 is 2.60 bits per heavy atom. The first-order valence-electron chi connectivity index (χ1n) is 5.67. The van der Waals surface area contributed by atoms with Crippen molar-refractivity contribution in [3.63, 3.8) is 0 Å². The number of amides is 1. The van der Waals surface area contributed by atoms with Gasteiger partial charge in [0.25, 0.3) is 0 Å². The predicted molar refractivity (Wildman–Crippen MR) is 59.5 cm³/mol. The van der Waals surface area contributed by atoms with Crippen LogP contribution in [0, 0.1) is 0 Å². The molecule has 0 aromatic heterocycles. The van der Waals surface area contributed by atoms with Gasteiger partial charge in [0.1, 0.15) is 0 Å². The normalized spacial score (nSPS) is 18.3. The Morgan fingerprint density at radius 1 is 1.53 bits per heavy atom. The Balaban J connectivity index is 2.35. The van der Waals surface area contributed by atoms with Crippen LogP contribution in [0.3, 0.4) is 0 Å². The van der Waals surface area contributed by atoms with E-state index in [1.54, 1.807) is 7.11 Å². The molecule has 1 amide bonds. The lowest BCUT2D eigenvalue weighted by Crippen LogP contribution is -2.50. The zero-order valence-corrected chi connectivity index (χ0v) is 9.79. The summed E-state index contributed by atoms with van der Waals surface area (Å²) in [5.41, 5.74) is 5.84. The highest BCUT2D eigenvalue weighted by Crippen LogP contribution is 2.32. The fourth-order valence-corrected chi connectivity index (χ4v) is 1.88. The van der Waals surface area contributed by atoms with E-state index in [2.05, 4.69) is 0 Å². The van der Waals surface area contributed by atoms with Crippen molar-refractivity contribution in [3.05, 3.63) is 0 Å². The van der Waals surface area contributed by atoms with Gasteiger partial charge in [-0.1, -0.05) is 0 Å². The summed E-state index contributed by atoms with van der Waals surface area (Å²) in [5.74, 6) is 0.164. The second kappa shape index (κ2) is 5.47. The molecule has 4 nitrogen and oxygen atoms in total. The molecule has 1 fully saturated rings. The van der Waals surface area contributed by atoms with Gasteiger partial charge in [0, 0.05) is 32.2 Å². The number of methoxy groups -OCH3 is 1. The molecular formula is C11H22N2O2. The maximum absolute atomic E-state index is 11.9. The van der Waals surface area contributed by atoms with E-state index in [1.165, 1.54) is 0 Å². The molecule has 2 N–H and O–H groups in total. The number of rotatable bonds is 6. The van der Waals surface area contributed by atoms with Gasteiger partial charge in [0.05, 0.1) is 6.61 Å². The van der Waals surface area contributed by atoms with Crippen LogP contribution < -0.4 is 5.73 Å². The lowest BCUT2D eigenvalue weighted by molar-refractivity contribution is -0.133. The van der Waals surface area contributed by atoms with Crippen LogP contribution in [0.5, 0.6) is 0 Å². The Bertz CT molecular complexity index is 215. The number of carbonyl (C=O) groups is 1. The van der Waals surface area contributed by atoms with Crippen LogP contribution in [0.25, 0.3) is 0 Å². The Labute approximate surface area is 91.8 Å². The number of nitrogens with two attached hydrogens (primary N) is 1. The first-order chi connectivity index (χ1) is 7.11. The fourth-order valence-electron chi connectivity index (χ4n) is 1.88. The number of carbonyl (C=O) groups excluding carboxylic acids is 1. The third-order valence-corrected chi connectivity index (χ3v) is 3.15. The molecule has 1 aliphatic rings. The van der Waals surface area contributed by atoms with Gasteiger partial charge < -0.3 is 15.4 Å². The molecule has 0 bridgehead atoms. The van der Waals surface area contributed by atoms with Gasteiger partial charge in [0.2, 0.25) is 5.91 Å². The smallest absolute Gasteiger partial charge is 0.224 e. The molecule has 1 aliphatic carbocycles. The summed E-state index contributed by atoms with van der Waals surface area (Å²) in [4.78, 5) is 13.7. The van der Waals surface area contributed by atoms with Crippen LogP contribution >= 0.6 is 0 Å². The molecular weight excluding hydrogens is 192 g/mol. The average Bonchev–Trinajstić information content (AvgIpc) is 2.16. The van der Waals surface area contributed by atoms with Crippen LogP contribution in [0.4, 0.5) is 0 Å². The summed E-state index contributed by atoms with van der Waals surface area (Å²) >= 11 is 0. The summed E-state index contributed by atoms with van der Waals surface area (Å²) < 4.78 is 4.97. The molecule has 1 saturated carbocycles. The maximum Gasteiger partial charge on any atom is 0.224 e. The third-order valence-electron chi connectivity index (χ3n) is 3.15. The molecule has 4 heteroatoms. The number of nitrogens with zero attached hydrogens (tertiary/aromatic N) is 1. The van der Waals surface area contributed by atoms with E-state index >= 15 is 0 Å². The molecule has 15 heavy (non-hydrogen) atoms. The highest BCUT2D eigenvalue weighted by atomic mass is 16.5. The van der Waals surface area contributed by atoms with Crippen molar-refractivity contribution >= 4 is 5.91 Å². The van der Waals surface area contributed by atoms with Crippen LogP contribution in [-0.2, 0) is 9.53 Å². The van der Waals surface area contributed by atoms with E-state index in [1.807, 2.05) is 11.8 Å². The largest absolute Gasteiger partial charge is 0.383 e. The average molecular weight is 214 g/mol. The van der Waals surface area contributed by atoms with Crippen molar-refractivity contribution in [2.24, 2.45) is 5.73 Å². The van der Waals surface area contributed by atoms with E-state index in [9.17, 15) is 4.79 Å². The quantitative estimate of drug-likeness (QED) is 0.710. The van der Waals surface area contributed by atoms with Gasteiger partial charge in [-0.05, 0) is 26.2 Å². The van der Waals surface area contributed by atoms with Gasteiger partial charge in [-0.3, -0.25) is 4.79 Å². The molecule has 0 aromatic rings. The summed E-state index contributed by atoms with van der Waals surface area (Å²) in [6.07, 6.45) is 3.62. The first-order valence-corrected chi connectivity index (χ1v) is 5.67. The Morgan fingerprint density at radius 2 is 2.20 bits per heavy atom. The van der Waals surface area contributed by atoms with E-state index in [4.69, 9.17) is 10.5 Å². The van der Waals surface area contributed by atoms with Crippen molar-refractivity contribution < 1.29 is 9.53 Å². The molecule has 0 atom stereocenters. The maximum atomic E-state index is 11.9.